The maximum Gasteiger partial charge on any atom is 0.307 e. The van der Waals surface area contributed by atoms with Gasteiger partial charge in [0.05, 0.1) is 11.8 Å². The van der Waals surface area contributed by atoms with Gasteiger partial charge in [0.1, 0.15) is 11.5 Å². The lowest BCUT2D eigenvalue weighted by atomic mass is 9.78. The summed E-state index contributed by atoms with van der Waals surface area (Å²) < 4.78 is 5.88. The van der Waals surface area contributed by atoms with Gasteiger partial charge in [-0.1, -0.05) is 32.1 Å². The monoisotopic (exact) mass is 464 g/mol. The van der Waals surface area contributed by atoms with E-state index < -0.39 is 17.8 Å². The van der Waals surface area contributed by atoms with Crippen molar-refractivity contribution < 1.29 is 24.2 Å². The van der Waals surface area contributed by atoms with Crippen LogP contribution in [-0.4, -0.2) is 22.9 Å². The molecule has 3 N–H and O–H groups in total. The predicted molar refractivity (Wildman–Crippen MR) is 130 cm³/mol. The van der Waals surface area contributed by atoms with Crippen LogP contribution >= 0.6 is 0 Å². The summed E-state index contributed by atoms with van der Waals surface area (Å²) in [5.41, 5.74) is 1.36. The van der Waals surface area contributed by atoms with Crippen molar-refractivity contribution in [2.24, 2.45) is 17.8 Å². The fourth-order valence-electron chi connectivity index (χ4n) is 4.93. The third-order valence-corrected chi connectivity index (χ3v) is 6.88. The predicted octanol–water partition coefficient (Wildman–Crippen LogP) is 5.83. The van der Waals surface area contributed by atoms with Gasteiger partial charge in [0.25, 0.3) is 0 Å². The number of nitrogens with one attached hydrogen (secondary N) is 2. The molecule has 2 aromatic rings. The number of hydrogen-bond acceptors (Lipinski definition) is 4. The number of carboxylic acids is 1. The van der Waals surface area contributed by atoms with Crippen molar-refractivity contribution in [1.82, 2.24) is 0 Å². The minimum Gasteiger partial charge on any atom is -0.481 e. The molecule has 180 valence electrons. The topological polar surface area (TPSA) is 105 Å². The van der Waals surface area contributed by atoms with Crippen LogP contribution in [0.2, 0.25) is 0 Å². The van der Waals surface area contributed by atoms with Crippen molar-refractivity contribution in [1.29, 1.82) is 0 Å². The lowest BCUT2D eigenvalue weighted by Crippen LogP contribution is -2.36. The lowest BCUT2D eigenvalue weighted by Gasteiger charge is -2.27. The molecule has 2 aromatic carbocycles. The fraction of sp³-hybridized carbons (Fsp3) is 0.444. The van der Waals surface area contributed by atoms with Gasteiger partial charge in [-0.25, -0.2) is 0 Å². The molecule has 2 fully saturated rings. The van der Waals surface area contributed by atoms with Crippen molar-refractivity contribution in [2.45, 2.75) is 57.8 Å². The van der Waals surface area contributed by atoms with Gasteiger partial charge in [0, 0.05) is 17.3 Å². The number of carboxylic acid groups (broad SMARTS) is 1. The minimum absolute atomic E-state index is 0.0916. The molecule has 2 aliphatic carbocycles. The molecule has 2 unspecified atom stereocenters. The first kappa shape index (κ1) is 23.8. The summed E-state index contributed by atoms with van der Waals surface area (Å²) in [6.07, 6.45) is 8.25. The lowest BCUT2D eigenvalue weighted by molar-refractivity contribution is -0.147. The number of anilines is 2. The first-order valence-electron chi connectivity index (χ1n) is 12.2. The molecule has 7 heteroatoms. The Morgan fingerprint density at radius 3 is 1.65 bits per heavy atom. The molecule has 0 spiro atoms. The van der Waals surface area contributed by atoms with Crippen LogP contribution in [0.1, 0.15) is 57.8 Å². The van der Waals surface area contributed by atoms with Crippen LogP contribution in [0.3, 0.4) is 0 Å². The molecule has 2 amide bonds. The zero-order chi connectivity index (χ0) is 23.9. The quantitative estimate of drug-likeness (QED) is 0.478. The van der Waals surface area contributed by atoms with E-state index in [1.165, 1.54) is 6.42 Å². The van der Waals surface area contributed by atoms with E-state index in [-0.39, 0.29) is 17.7 Å². The molecule has 2 saturated carbocycles. The summed E-state index contributed by atoms with van der Waals surface area (Å²) in [5, 5.41) is 15.2. The summed E-state index contributed by atoms with van der Waals surface area (Å²) >= 11 is 0. The van der Waals surface area contributed by atoms with E-state index >= 15 is 0 Å². The Morgan fingerprint density at radius 2 is 1.12 bits per heavy atom. The molecule has 2 atom stereocenters. The van der Waals surface area contributed by atoms with Crippen molar-refractivity contribution >= 4 is 29.2 Å². The average molecular weight is 465 g/mol. The van der Waals surface area contributed by atoms with E-state index in [9.17, 15) is 19.5 Å². The Morgan fingerprint density at radius 1 is 0.647 bits per heavy atom. The molecule has 0 bridgehead atoms. The summed E-state index contributed by atoms with van der Waals surface area (Å²) in [4.78, 5) is 36.5. The molecule has 0 saturated heterocycles. The first-order chi connectivity index (χ1) is 16.5. The Hall–Kier alpha value is -3.35. The fourth-order valence-corrected chi connectivity index (χ4v) is 4.93. The largest absolute Gasteiger partial charge is 0.481 e. The number of hydrogen-bond donors (Lipinski definition) is 3. The van der Waals surface area contributed by atoms with Gasteiger partial charge in [-0.15, -0.1) is 0 Å². The normalized spacial score (nSPS) is 20.8. The van der Waals surface area contributed by atoms with Crippen LogP contribution in [0.5, 0.6) is 11.5 Å². The molecule has 0 aromatic heterocycles. The van der Waals surface area contributed by atoms with E-state index in [0.717, 1.165) is 44.2 Å². The number of ether oxygens (including phenoxy) is 1. The number of benzene rings is 2. The van der Waals surface area contributed by atoms with Gasteiger partial charge in [-0.05, 0) is 74.2 Å². The highest BCUT2D eigenvalue weighted by Crippen LogP contribution is 2.32. The second kappa shape index (κ2) is 11.2. The molecular weight excluding hydrogens is 432 g/mol. The smallest absolute Gasteiger partial charge is 0.307 e. The number of carbonyl (C=O) groups excluding carboxylic acids is 2. The molecular formula is C27H32N2O5. The molecule has 2 aliphatic rings. The van der Waals surface area contributed by atoms with Gasteiger partial charge >= 0.3 is 5.97 Å². The van der Waals surface area contributed by atoms with Crippen LogP contribution in [0, 0.1) is 17.8 Å². The van der Waals surface area contributed by atoms with Gasteiger partial charge in [0.2, 0.25) is 11.8 Å². The van der Waals surface area contributed by atoms with E-state index in [4.69, 9.17) is 4.74 Å². The van der Waals surface area contributed by atoms with Crippen LogP contribution < -0.4 is 15.4 Å². The third kappa shape index (κ3) is 6.16. The summed E-state index contributed by atoms with van der Waals surface area (Å²) in [6, 6.07) is 14.3. The average Bonchev–Trinajstić information content (AvgIpc) is 2.87. The van der Waals surface area contributed by atoms with Gasteiger partial charge in [-0.2, -0.15) is 0 Å². The van der Waals surface area contributed by atoms with Crippen molar-refractivity contribution in [3.63, 3.8) is 0 Å². The van der Waals surface area contributed by atoms with E-state index in [0.29, 0.717) is 30.0 Å². The SMILES string of the molecule is O=C(Nc1ccc(Oc2ccc(NC(=O)C3CCCCC3C(=O)O)cc2)cc1)C1CCCCC1. The zero-order valence-corrected chi connectivity index (χ0v) is 19.3. The molecule has 0 aliphatic heterocycles. The second-order valence-corrected chi connectivity index (χ2v) is 9.30. The van der Waals surface area contributed by atoms with Crippen molar-refractivity contribution in [3.8, 4) is 11.5 Å². The van der Waals surface area contributed by atoms with E-state index in [2.05, 4.69) is 10.6 Å². The van der Waals surface area contributed by atoms with Crippen LogP contribution in [0.15, 0.2) is 48.5 Å². The maximum absolute atomic E-state index is 12.6. The highest BCUT2D eigenvalue weighted by Gasteiger charge is 2.35. The van der Waals surface area contributed by atoms with Crippen molar-refractivity contribution in [2.75, 3.05) is 10.6 Å². The summed E-state index contributed by atoms with van der Waals surface area (Å²) in [6.45, 7) is 0. The van der Waals surface area contributed by atoms with Crippen LogP contribution in [0.4, 0.5) is 11.4 Å². The second-order valence-electron chi connectivity index (χ2n) is 9.30. The number of aliphatic carboxylic acids is 1. The van der Waals surface area contributed by atoms with Crippen LogP contribution in [-0.2, 0) is 14.4 Å². The minimum atomic E-state index is -0.900. The summed E-state index contributed by atoms with van der Waals surface area (Å²) in [7, 11) is 0. The third-order valence-electron chi connectivity index (χ3n) is 6.88. The molecule has 4 rings (SSSR count). The highest BCUT2D eigenvalue weighted by atomic mass is 16.5. The Bertz CT molecular complexity index is 997. The first-order valence-corrected chi connectivity index (χ1v) is 12.2. The Labute approximate surface area is 199 Å². The molecule has 0 heterocycles. The molecule has 7 nitrogen and oxygen atoms in total. The number of carbonyl (C=O) groups is 3. The Kier molecular flexibility index (Phi) is 7.83. The van der Waals surface area contributed by atoms with E-state index in [1.54, 1.807) is 36.4 Å². The van der Waals surface area contributed by atoms with Gasteiger partial charge in [0.15, 0.2) is 0 Å². The van der Waals surface area contributed by atoms with E-state index in [1.807, 2.05) is 12.1 Å². The van der Waals surface area contributed by atoms with Crippen molar-refractivity contribution in [3.05, 3.63) is 48.5 Å². The van der Waals surface area contributed by atoms with Gasteiger partial charge in [-0.3, -0.25) is 14.4 Å². The Balaban J connectivity index is 1.29. The number of rotatable bonds is 7. The summed E-state index contributed by atoms with van der Waals surface area (Å²) in [5.74, 6) is -0.816. The maximum atomic E-state index is 12.6. The van der Waals surface area contributed by atoms with Gasteiger partial charge < -0.3 is 20.5 Å². The molecule has 0 radical (unpaired) electrons. The zero-order valence-electron chi connectivity index (χ0n) is 19.3. The standard InChI is InChI=1S/C27H32N2O5/c30-25(18-6-2-1-3-7-18)28-19-10-14-21(15-11-19)34-22-16-12-20(13-17-22)29-26(31)23-8-4-5-9-24(23)27(32)33/h10-18,23-24H,1-9H2,(H,28,30)(H,29,31)(H,32,33). The molecule has 34 heavy (non-hydrogen) atoms. The number of amides is 2. The highest BCUT2D eigenvalue weighted by molar-refractivity contribution is 5.95. The van der Waals surface area contributed by atoms with Crippen LogP contribution in [0.25, 0.3) is 0 Å².